The lowest BCUT2D eigenvalue weighted by atomic mass is 9.98. The molecule has 2 N–H and O–H groups in total. The number of carbonyl (C=O) groups excluding carboxylic acids is 1. The van der Waals surface area contributed by atoms with Crippen LogP contribution in [0.25, 0.3) is 21.9 Å². The van der Waals surface area contributed by atoms with E-state index in [-0.39, 0.29) is 30.0 Å². The number of carboxylic acids is 1. The molecule has 0 spiro atoms. The van der Waals surface area contributed by atoms with Crippen LogP contribution in [0.4, 0.5) is 10.7 Å². The van der Waals surface area contributed by atoms with E-state index in [1.54, 1.807) is 12.1 Å². The smallest absolute Gasteiger partial charge is 0.414 e. The van der Waals surface area contributed by atoms with Gasteiger partial charge >= 0.3 is 12.1 Å². The molecule has 4 aromatic rings. The van der Waals surface area contributed by atoms with Gasteiger partial charge in [-0.15, -0.1) is 11.3 Å². The molecule has 0 aliphatic heterocycles. The van der Waals surface area contributed by atoms with Crippen LogP contribution in [0.5, 0.6) is 0 Å². The number of nitrogens with zero attached hydrogens (tertiary/aromatic N) is 1. The van der Waals surface area contributed by atoms with Crippen LogP contribution in [0, 0.1) is 0 Å². The van der Waals surface area contributed by atoms with Crippen LogP contribution >= 0.6 is 11.3 Å². The van der Waals surface area contributed by atoms with Crippen LogP contribution in [0.15, 0.2) is 70.5 Å². The molecule has 5 rings (SSSR count). The van der Waals surface area contributed by atoms with Gasteiger partial charge < -0.3 is 14.3 Å². The number of nitrogens with one attached hydrogen (secondary N) is 1. The number of oxazole rings is 1. The SMILES string of the molecule is O=C(Nc1oc(-c2cccs2)nc1C(=O)O)OCC1c2ccccc2-c2ccccc21. The second kappa shape index (κ2) is 7.73. The number of hydrogen-bond donors (Lipinski definition) is 2. The Kier molecular flexibility index (Phi) is 4.76. The Balaban J connectivity index is 1.34. The summed E-state index contributed by atoms with van der Waals surface area (Å²) >= 11 is 1.35. The number of hydrogen-bond acceptors (Lipinski definition) is 6. The molecule has 0 bridgehead atoms. The predicted octanol–water partition coefficient (Wildman–Crippen LogP) is 5.46. The van der Waals surface area contributed by atoms with Crippen molar-refractivity contribution in [1.82, 2.24) is 4.98 Å². The summed E-state index contributed by atoms with van der Waals surface area (Å²) in [5.41, 5.74) is 4.04. The number of carboxylic acid groups (broad SMARTS) is 1. The van der Waals surface area contributed by atoms with Gasteiger partial charge in [0, 0.05) is 5.92 Å². The zero-order valence-electron chi connectivity index (χ0n) is 16.1. The number of fused-ring (bicyclic) bond motifs is 3. The van der Waals surface area contributed by atoms with Crippen LogP contribution in [0.3, 0.4) is 0 Å². The van der Waals surface area contributed by atoms with Crippen molar-refractivity contribution in [3.8, 4) is 21.9 Å². The minimum Gasteiger partial charge on any atom is -0.476 e. The summed E-state index contributed by atoms with van der Waals surface area (Å²) < 4.78 is 10.9. The van der Waals surface area contributed by atoms with Gasteiger partial charge in [-0.25, -0.2) is 9.59 Å². The molecule has 0 radical (unpaired) electrons. The zero-order chi connectivity index (χ0) is 21.4. The number of rotatable bonds is 5. The van der Waals surface area contributed by atoms with Crippen molar-refractivity contribution in [3.05, 3.63) is 82.9 Å². The summed E-state index contributed by atoms with van der Waals surface area (Å²) in [4.78, 5) is 28.6. The maximum atomic E-state index is 12.5. The van der Waals surface area contributed by atoms with E-state index in [1.807, 2.05) is 53.9 Å². The first-order valence-corrected chi connectivity index (χ1v) is 10.4. The number of benzene rings is 2. The molecular weight excluding hydrogens is 416 g/mol. The lowest BCUT2D eigenvalue weighted by Gasteiger charge is -2.14. The third kappa shape index (κ3) is 3.47. The second-order valence-electron chi connectivity index (χ2n) is 6.93. The van der Waals surface area contributed by atoms with Crippen LogP contribution < -0.4 is 5.32 Å². The van der Waals surface area contributed by atoms with E-state index in [0.29, 0.717) is 4.88 Å². The van der Waals surface area contributed by atoms with E-state index < -0.39 is 12.1 Å². The Hall–Kier alpha value is -3.91. The van der Waals surface area contributed by atoms with E-state index in [4.69, 9.17) is 9.15 Å². The Morgan fingerprint density at radius 1 is 1.03 bits per heavy atom. The molecule has 2 aromatic heterocycles. The largest absolute Gasteiger partial charge is 0.476 e. The highest BCUT2D eigenvalue weighted by atomic mass is 32.1. The Bertz CT molecular complexity index is 1230. The molecule has 7 nitrogen and oxygen atoms in total. The number of amides is 1. The fraction of sp³-hybridized carbons (Fsp3) is 0.0870. The van der Waals surface area contributed by atoms with Gasteiger partial charge in [0.25, 0.3) is 0 Å². The van der Waals surface area contributed by atoms with E-state index in [0.717, 1.165) is 22.3 Å². The van der Waals surface area contributed by atoms with Crippen LogP contribution in [0.2, 0.25) is 0 Å². The molecule has 1 aliphatic rings. The van der Waals surface area contributed by atoms with Gasteiger partial charge in [0.2, 0.25) is 17.5 Å². The first-order chi connectivity index (χ1) is 15.1. The summed E-state index contributed by atoms with van der Waals surface area (Å²) in [5, 5.41) is 13.6. The van der Waals surface area contributed by atoms with Gasteiger partial charge in [-0.3, -0.25) is 5.32 Å². The van der Waals surface area contributed by atoms with Gasteiger partial charge in [-0.05, 0) is 33.7 Å². The first kappa shape index (κ1) is 19.1. The number of aromatic nitrogens is 1. The van der Waals surface area contributed by atoms with Crippen molar-refractivity contribution in [2.45, 2.75) is 5.92 Å². The first-order valence-electron chi connectivity index (χ1n) is 9.52. The van der Waals surface area contributed by atoms with E-state index in [9.17, 15) is 14.7 Å². The summed E-state index contributed by atoms with van der Waals surface area (Å²) in [6.45, 7) is 0.105. The number of anilines is 1. The van der Waals surface area contributed by atoms with Crippen molar-refractivity contribution in [2.24, 2.45) is 0 Å². The van der Waals surface area contributed by atoms with Gasteiger partial charge in [-0.2, -0.15) is 4.98 Å². The van der Waals surface area contributed by atoms with Gasteiger partial charge in [-0.1, -0.05) is 54.6 Å². The fourth-order valence-electron chi connectivity index (χ4n) is 3.78. The predicted molar refractivity (Wildman–Crippen MR) is 115 cm³/mol. The number of aromatic carboxylic acids is 1. The lowest BCUT2D eigenvalue weighted by Crippen LogP contribution is -2.18. The lowest BCUT2D eigenvalue weighted by molar-refractivity contribution is 0.0692. The van der Waals surface area contributed by atoms with E-state index >= 15 is 0 Å². The molecule has 0 atom stereocenters. The third-order valence-electron chi connectivity index (χ3n) is 5.12. The van der Waals surface area contributed by atoms with Crippen molar-refractivity contribution in [2.75, 3.05) is 11.9 Å². The highest BCUT2D eigenvalue weighted by Gasteiger charge is 2.29. The molecule has 8 heteroatoms. The second-order valence-corrected chi connectivity index (χ2v) is 7.88. The van der Waals surface area contributed by atoms with Crippen molar-refractivity contribution >= 4 is 29.3 Å². The molecule has 154 valence electrons. The number of carbonyl (C=O) groups is 2. The summed E-state index contributed by atoms with van der Waals surface area (Å²) in [6, 6.07) is 19.6. The Labute approximate surface area is 180 Å². The molecule has 2 heterocycles. The maximum Gasteiger partial charge on any atom is 0.414 e. The highest BCUT2D eigenvalue weighted by molar-refractivity contribution is 7.13. The molecule has 0 fully saturated rings. The minimum atomic E-state index is -1.31. The van der Waals surface area contributed by atoms with Gasteiger partial charge in [0.05, 0.1) is 4.88 Å². The quantitative estimate of drug-likeness (QED) is 0.434. The average molecular weight is 432 g/mol. The van der Waals surface area contributed by atoms with E-state index in [1.165, 1.54) is 11.3 Å². The maximum absolute atomic E-state index is 12.5. The molecule has 0 saturated carbocycles. The number of thiophene rings is 1. The Morgan fingerprint density at radius 3 is 2.32 bits per heavy atom. The minimum absolute atomic E-state index is 0.103. The topological polar surface area (TPSA) is 102 Å². The molecule has 31 heavy (non-hydrogen) atoms. The van der Waals surface area contributed by atoms with Crippen molar-refractivity contribution < 1.29 is 23.8 Å². The summed E-state index contributed by atoms with van der Waals surface area (Å²) in [5.74, 6) is -1.54. The van der Waals surface area contributed by atoms with Gasteiger partial charge in [0.15, 0.2) is 0 Å². The van der Waals surface area contributed by atoms with Crippen molar-refractivity contribution in [3.63, 3.8) is 0 Å². The molecule has 0 saturated heterocycles. The fourth-order valence-corrected chi connectivity index (χ4v) is 4.43. The standard InChI is InChI=1S/C23H16N2O5S/c26-22(27)19-21(30-20(24-19)18-10-5-11-31-18)25-23(28)29-12-17-15-8-3-1-6-13(15)14-7-2-4-9-16(14)17/h1-11,17H,12H2,(H,25,28)(H,26,27). The molecule has 2 aromatic carbocycles. The van der Waals surface area contributed by atoms with E-state index in [2.05, 4.69) is 10.3 Å². The molecule has 0 unspecified atom stereocenters. The van der Waals surface area contributed by atoms with Crippen LogP contribution in [-0.2, 0) is 4.74 Å². The summed E-state index contributed by atoms with van der Waals surface area (Å²) in [7, 11) is 0. The normalized spacial score (nSPS) is 12.3. The summed E-state index contributed by atoms with van der Waals surface area (Å²) in [6.07, 6.45) is -0.807. The molecule has 1 aliphatic carbocycles. The average Bonchev–Trinajstić information content (AvgIpc) is 3.50. The zero-order valence-corrected chi connectivity index (χ0v) is 16.9. The highest BCUT2D eigenvalue weighted by Crippen LogP contribution is 2.44. The number of ether oxygens (including phenoxy) is 1. The molecule has 1 amide bonds. The van der Waals surface area contributed by atoms with Gasteiger partial charge in [0.1, 0.15) is 6.61 Å². The van der Waals surface area contributed by atoms with Crippen LogP contribution in [-0.4, -0.2) is 28.8 Å². The van der Waals surface area contributed by atoms with Crippen molar-refractivity contribution in [1.29, 1.82) is 0 Å². The Morgan fingerprint density at radius 2 is 1.71 bits per heavy atom. The van der Waals surface area contributed by atoms with Crippen LogP contribution in [0.1, 0.15) is 27.5 Å². The monoisotopic (exact) mass is 432 g/mol. The molecular formula is C23H16N2O5S. The third-order valence-corrected chi connectivity index (χ3v) is 5.98.